The Bertz CT molecular complexity index is 1280. The van der Waals surface area contributed by atoms with Gasteiger partial charge in [-0.2, -0.15) is 0 Å². The van der Waals surface area contributed by atoms with E-state index < -0.39 is 50.9 Å². The van der Waals surface area contributed by atoms with Crippen LogP contribution < -0.4 is 10.7 Å². The summed E-state index contributed by atoms with van der Waals surface area (Å²) < 4.78 is 35.2. The summed E-state index contributed by atoms with van der Waals surface area (Å²) in [4.78, 5) is 40.8. The fraction of sp³-hybridized carbons (Fsp3) is 0.435. The van der Waals surface area contributed by atoms with Crippen LogP contribution in [0.5, 0.6) is 5.75 Å². The van der Waals surface area contributed by atoms with Crippen molar-refractivity contribution in [2.24, 2.45) is 0 Å². The van der Waals surface area contributed by atoms with Crippen LogP contribution in [-0.2, 0) is 11.3 Å². The summed E-state index contributed by atoms with van der Waals surface area (Å²) in [5, 5.41) is 12.4. The van der Waals surface area contributed by atoms with Crippen molar-refractivity contribution in [2.45, 2.75) is 57.0 Å². The summed E-state index contributed by atoms with van der Waals surface area (Å²) in [6, 6.07) is 1.58. The number of hydrogen-bond acceptors (Lipinski definition) is 5. The highest BCUT2D eigenvalue weighted by Gasteiger charge is 2.59. The number of amides is 2. The SMILES string of the molecule is C[C@H]1CCO[C@]23CCC[C@H]2n2cc(C(=O)NCc4ccc(F)c(Cl)c4F)c(=O)c(O)c2C(=O)N13. The van der Waals surface area contributed by atoms with Crippen LogP contribution in [0.3, 0.4) is 0 Å². The van der Waals surface area contributed by atoms with E-state index in [1.165, 1.54) is 10.8 Å². The zero-order valence-corrected chi connectivity index (χ0v) is 19.0. The van der Waals surface area contributed by atoms with E-state index in [0.29, 0.717) is 25.9 Å². The molecule has 2 aliphatic heterocycles. The molecule has 1 spiro atoms. The van der Waals surface area contributed by atoms with Crippen molar-refractivity contribution in [3.63, 3.8) is 0 Å². The minimum Gasteiger partial charge on any atom is -0.503 e. The summed E-state index contributed by atoms with van der Waals surface area (Å²) in [7, 11) is 0. The van der Waals surface area contributed by atoms with Crippen LogP contribution in [0.4, 0.5) is 8.78 Å². The third kappa shape index (κ3) is 3.15. The Hall–Kier alpha value is -2.98. The largest absolute Gasteiger partial charge is 0.503 e. The van der Waals surface area contributed by atoms with Gasteiger partial charge in [-0.1, -0.05) is 17.7 Å². The van der Waals surface area contributed by atoms with Gasteiger partial charge in [-0.25, -0.2) is 8.78 Å². The van der Waals surface area contributed by atoms with Crippen molar-refractivity contribution in [3.8, 4) is 5.75 Å². The molecule has 3 heterocycles. The molecule has 1 saturated carbocycles. The quantitative estimate of drug-likeness (QED) is 0.640. The molecular weight excluding hydrogens is 472 g/mol. The Morgan fingerprint density at radius 3 is 2.85 bits per heavy atom. The fourth-order valence-corrected chi connectivity index (χ4v) is 5.61. The predicted octanol–water partition coefficient (Wildman–Crippen LogP) is 3.10. The highest BCUT2D eigenvalue weighted by atomic mass is 35.5. The van der Waals surface area contributed by atoms with Crippen molar-refractivity contribution < 1.29 is 28.2 Å². The smallest absolute Gasteiger partial charge is 0.277 e. The minimum atomic E-state index is -1.02. The molecule has 1 saturated heterocycles. The Morgan fingerprint density at radius 2 is 2.09 bits per heavy atom. The second-order valence-corrected chi connectivity index (χ2v) is 9.29. The summed E-state index contributed by atoms with van der Waals surface area (Å²) in [6.45, 7) is 2.01. The number of nitrogens with zero attached hydrogens (tertiary/aromatic N) is 2. The number of hydrogen-bond donors (Lipinski definition) is 2. The highest BCUT2D eigenvalue weighted by molar-refractivity contribution is 6.30. The van der Waals surface area contributed by atoms with Gasteiger partial charge in [0.05, 0.1) is 12.6 Å². The number of carbonyl (C=O) groups is 2. The highest BCUT2D eigenvalue weighted by Crippen LogP contribution is 2.51. The molecule has 2 amide bonds. The van der Waals surface area contributed by atoms with Crippen LogP contribution in [0.25, 0.3) is 0 Å². The monoisotopic (exact) mass is 493 g/mol. The number of fused-ring (bicyclic) bond motifs is 2. The van der Waals surface area contributed by atoms with Gasteiger partial charge in [-0.15, -0.1) is 0 Å². The summed E-state index contributed by atoms with van der Waals surface area (Å²) in [6.07, 6.45) is 3.89. The van der Waals surface area contributed by atoms with Crippen molar-refractivity contribution >= 4 is 23.4 Å². The van der Waals surface area contributed by atoms with Crippen LogP contribution in [0.2, 0.25) is 5.02 Å². The molecule has 1 aromatic carbocycles. The zero-order valence-electron chi connectivity index (χ0n) is 18.2. The number of halogens is 3. The number of carbonyl (C=O) groups excluding carboxylic acids is 2. The van der Waals surface area contributed by atoms with Gasteiger partial charge in [0.25, 0.3) is 11.8 Å². The van der Waals surface area contributed by atoms with Gasteiger partial charge < -0.3 is 24.6 Å². The van der Waals surface area contributed by atoms with Crippen LogP contribution in [0.1, 0.15) is 65.1 Å². The molecule has 180 valence electrons. The maximum atomic E-state index is 14.2. The van der Waals surface area contributed by atoms with E-state index in [9.17, 15) is 28.3 Å². The first-order valence-corrected chi connectivity index (χ1v) is 11.4. The molecule has 1 aromatic heterocycles. The number of nitrogens with one attached hydrogen (secondary N) is 1. The van der Waals surface area contributed by atoms with Crippen LogP contribution in [-0.4, -0.2) is 44.8 Å². The number of pyridine rings is 1. The number of ether oxygens (including phenoxy) is 1. The summed E-state index contributed by atoms with van der Waals surface area (Å²) >= 11 is 5.57. The molecule has 11 heteroatoms. The first-order valence-electron chi connectivity index (χ1n) is 11.0. The van der Waals surface area contributed by atoms with Crippen molar-refractivity contribution in [1.82, 2.24) is 14.8 Å². The van der Waals surface area contributed by atoms with Gasteiger partial charge in [0.2, 0.25) is 5.43 Å². The maximum Gasteiger partial charge on any atom is 0.277 e. The Morgan fingerprint density at radius 1 is 1.32 bits per heavy atom. The van der Waals surface area contributed by atoms with E-state index in [-0.39, 0.29) is 29.9 Å². The molecule has 2 aromatic rings. The molecule has 8 nitrogen and oxygen atoms in total. The average molecular weight is 494 g/mol. The zero-order chi connectivity index (χ0) is 24.4. The second-order valence-electron chi connectivity index (χ2n) is 8.91. The maximum absolute atomic E-state index is 14.2. The molecule has 3 atom stereocenters. The van der Waals surface area contributed by atoms with E-state index in [1.54, 1.807) is 4.90 Å². The van der Waals surface area contributed by atoms with E-state index >= 15 is 0 Å². The number of rotatable bonds is 3. The van der Waals surface area contributed by atoms with E-state index in [0.717, 1.165) is 18.6 Å². The molecule has 0 bridgehead atoms. The Kier molecular flexibility index (Phi) is 5.40. The lowest BCUT2D eigenvalue weighted by Crippen LogP contribution is -2.66. The third-order valence-electron chi connectivity index (χ3n) is 7.04. The standard InChI is InChI=1S/C23H22ClF2N3O5/c1-11-6-8-34-23-7-2-3-15(23)28-10-13(19(30)20(31)18(28)22(33)29(11)23)21(32)27-9-12-4-5-14(25)16(24)17(12)26/h4-5,10-11,15,31H,2-3,6-9H2,1H3,(H,27,32)/t11-,15+,23+/m0/s1. The lowest BCUT2D eigenvalue weighted by molar-refractivity contribution is -0.204. The molecule has 0 unspecified atom stereocenters. The van der Waals surface area contributed by atoms with Gasteiger partial charge in [0.1, 0.15) is 22.2 Å². The average Bonchev–Trinajstić information content (AvgIpc) is 3.22. The molecule has 2 N–H and O–H groups in total. The Labute approximate surface area is 198 Å². The molecule has 2 fully saturated rings. The normalized spacial score (nSPS) is 25.5. The lowest BCUT2D eigenvalue weighted by atomic mass is 9.93. The van der Waals surface area contributed by atoms with E-state index in [4.69, 9.17) is 16.3 Å². The first kappa shape index (κ1) is 22.8. The topological polar surface area (TPSA) is 101 Å². The number of benzene rings is 1. The van der Waals surface area contributed by atoms with Gasteiger partial charge in [-0.05, 0) is 38.7 Å². The van der Waals surface area contributed by atoms with Crippen LogP contribution >= 0.6 is 11.6 Å². The fourth-order valence-electron chi connectivity index (χ4n) is 5.42. The summed E-state index contributed by atoms with van der Waals surface area (Å²) in [5.74, 6) is -4.16. The molecule has 0 radical (unpaired) electrons. The lowest BCUT2D eigenvalue weighted by Gasteiger charge is -2.54. The Balaban J connectivity index is 1.52. The minimum absolute atomic E-state index is 0.0767. The molecular formula is C23H22ClF2N3O5. The molecule has 3 aliphatic rings. The van der Waals surface area contributed by atoms with Crippen LogP contribution in [0.15, 0.2) is 23.1 Å². The van der Waals surface area contributed by atoms with Gasteiger partial charge in [0.15, 0.2) is 17.2 Å². The molecule has 34 heavy (non-hydrogen) atoms. The third-order valence-corrected chi connectivity index (χ3v) is 7.38. The van der Waals surface area contributed by atoms with Crippen molar-refractivity contribution in [2.75, 3.05) is 6.61 Å². The van der Waals surface area contributed by atoms with Gasteiger partial charge >= 0.3 is 0 Å². The predicted molar refractivity (Wildman–Crippen MR) is 117 cm³/mol. The summed E-state index contributed by atoms with van der Waals surface area (Å²) in [5.41, 5.74) is -2.55. The first-order chi connectivity index (χ1) is 16.2. The van der Waals surface area contributed by atoms with Gasteiger partial charge in [-0.3, -0.25) is 14.4 Å². The number of aromatic hydroxyl groups is 1. The van der Waals surface area contributed by atoms with Gasteiger partial charge in [0, 0.05) is 24.3 Å². The number of aromatic nitrogens is 1. The van der Waals surface area contributed by atoms with Crippen molar-refractivity contribution in [3.05, 3.63) is 62.0 Å². The second kappa shape index (κ2) is 8.06. The van der Waals surface area contributed by atoms with E-state index in [2.05, 4.69) is 5.32 Å². The molecule has 5 rings (SSSR count). The van der Waals surface area contributed by atoms with E-state index in [1.807, 2.05) is 6.92 Å². The van der Waals surface area contributed by atoms with Crippen molar-refractivity contribution in [1.29, 1.82) is 0 Å². The molecule has 1 aliphatic carbocycles. The van der Waals surface area contributed by atoms with Crippen LogP contribution in [0, 0.1) is 11.6 Å².